The average Bonchev–Trinajstić information content (AvgIpc) is 2.27. The van der Waals surface area contributed by atoms with E-state index in [0.717, 1.165) is 13.0 Å². The zero-order valence-corrected chi connectivity index (χ0v) is 7.83. The fraction of sp³-hybridized carbons (Fsp3) is 0.364. The quantitative estimate of drug-likeness (QED) is 0.677. The molecule has 0 fully saturated rings. The fourth-order valence-electron chi connectivity index (χ4n) is 1.78. The maximum Gasteiger partial charge on any atom is 0.0991 e. The third-order valence-electron chi connectivity index (χ3n) is 2.60. The highest BCUT2D eigenvalue weighted by Crippen LogP contribution is 2.17. The van der Waals surface area contributed by atoms with Gasteiger partial charge >= 0.3 is 0 Å². The highest BCUT2D eigenvalue weighted by atomic mass is 16.3. The lowest BCUT2D eigenvalue weighted by Crippen LogP contribution is -2.38. The topological polar surface area (TPSA) is 56.0 Å². The van der Waals surface area contributed by atoms with Gasteiger partial charge in [-0.3, -0.25) is 0 Å². The van der Waals surface area contributed by atoms with Crippen molar-refractivity contribution < 1.29 is 5.11 Å². The number of nitrogens with zero attached hydrogens (tertiary/aromatic N) is 1. The zero-order chi connectivity index (χ0) is 9.97. The lowest BCUT2D eigenvalue weighted by Gasteiger charge is -2.24. The predicted molar refractivity (Wildman–Crippen MR) is 52.6 cm³/mol. The Labute approximate surface area is 83.0 Å². The summed E-state index contributed by atoms with van der Waals surface area (Å²) in [6.45, 7) is 0.933. The van der Waals surface area contributed by atoms with Crippen molar-refractivity contribution in [3.05, 3.63) is 34.9 Å². The van der Waals surface area contributed by atoms with Crippen molar-refractivity contribution in [1.82, 2.24) is 5.32 Å². The van der Waals surface area contributed by atoms with Crippen molar-refractivity contribution in [2.45, 2.75) is 19.0 Å². The van der Waals surface area contributed by atoms with E-state index in [1.54, 1.807) is 0 Å². The van der Waals surface area contributed by atoms with Crippen LogP contribution in [-0.2, 0) is 13.0 Å². The smallest absolute Gasteiger partial charge is 0.0991 e. The Bertz CT molecular complexity index is 381. The summed E-state index contributed by atoms with van der Waals surface area (Å²) in [6.07, 6.45) is 0.807. The first-order valence-electron chi connectivity index (χ1n) is 4.69. The highest BCUT2D eigenvalue weighted by molar-refractivity contribution is 5.39. The summed E-state index contributed by atoms with van der Waals surface area (Å²) < 4.78 is 0. The van der Waals surface area contributed by atoms with Crippen LogP contribution in [0.5, 0.6) is 0 Å². The molecule has 0 radical (unpaired) electrons. The molecule has 0 aliphatic carbocycles. The number of rotatable bonds is 1. The molecule has 3 heteroatoms. The maximum atomic E-state index is 9.02. The zero-order valence-electron chi connectivity index (χ0n) is 7.83. The van der Waals surface area contributed by atoms with Crippen LogP contribution in [0.25, 0.3) is 0 Å². The maximum absolute atomic E-state index is 9.02. The van der Waals surface area contributed by atoms with Crippen LogP contribution in [0.4, 0.5) is 0 Å². The Kier molecular flexibility index (Phi) is 2.49. The van der Waals surface area contributed by atoms with Gasteiger partial charge in [-0.2, -0.15) is 5.26 Å². The number of hydrogen-bond acceptors (Lipinski definition) is 3. The number of nitrogens with one attached hydrogen (secondary N) is 1. The van der Waals surface area contributed by atoms with Gasteiger partial charge in [0, 0.05) is 12.6 Å². The second kappa shape index (κ2) is 3.79. The van der Waals surface area contributed by atoms with Crippen molar-refractivity contribution in [1.29, 1.82) is 5.26 Å². The van der Waals surface area contributed by atoms with Gasteiger partial charge in [-0.15, -0.1) is 0 Å². The molecule has 1 aliphatic rings. The van der Waals surface area contributed by atoms with Crippen LogP contribution in [0, 0.1) is 11.3 Å². The third kappa shape index (κ3) is 1.63. The van der Waals surface area contributed by atoms with Crippen LogP contribution < -0.4 is 5.32 Å². The minimum absolute atomic E-state index is 0.136. The first-order valence-corrected chi connectivity index (χ1v) is 4.69. The van der Waals surface area contributed by atoms with Crippen molar-refractivity contribution >= 4 is 0 Å². The summed E-state index contributed by atoms with van der Waals surface area (Å²) in [6, 6.07) is 7.99. The summed E-state index contributed by atoms with van der Waals surface area (Å²) in [5.41, 5.74) is 3.11. The van der Waals surface area contributed by atoms with Crippen LogP contribution in [0.2, 0.25) is 0 Å². The van der Waals surface area contributed by atoms with Crippen molar-refractivity contribution in [3.63, 3.8) is 0 Å². The molecule has 0 saturated carbocycles. The van der Waals surface area contributed by atoms with Gasteiger partial charge in [0.05, 0.1) is 18.2 Å². The first kappa shape index (κ1) is 9.20. The molecule has 1 aliphatic heterocycles. The molecule has 0 amide bonds. The van der Waals surface area contributed by atoms with E-state index < -0.39 is 0 Å². The van der Waals surface area contributed by atoms with Gasteiger partial charge in [0.25, 0.3) is 0 Å². The molecule has 0 aromatic heterocycles. The van der Waals surface area contributed by atoms with Gasteiger partial charge in [0.2, 0.25) is 0 Å². The number of benzene rings is 1. The Hall–Kier alpha value is -1.37. The molecular formula is C11H12N2O. The summed E-state index contributed by atoms with van der Waals surface area (Å²) in [4.78, 5) is 0. The summed E-state index contributed by atoms with van der Waals surface area (Å²) in [7, 11) is 0. The molecule has 72 valence electrons. The van der Waals surface area contributed by atoms with Crippen molar-refractivity contribution in [2.75, 3.05) is 6.61 Å². The number of aliphatic hydroxyl groups excluding tert-OH is 1. The predicted octanol–water partition coefficient (Wildman–Crippen LogP) is 0.565. The summed E-state index contributed by atoms with van der Waals surface area (Å²) in [5.74, 6) is 0. The van der Waals surface area contributed by atoms with Crippen LogP contribution in [0.1, 0.15) is 16.7 Å². The minimum Gasteiger partial charge on any atom is -0.395 e. The average molecular weight is 188 g/mol. The Morgan fingerprint density at radius 3 is 3.07 bits per heavy atom. The third-order valence-corrected chi connectivity index (χ3v) is 2.60. The molecule has 0 saturated heterocycles. The van der Waals surface area contributed by atoms with Gasteiger partial charge in [-0.05, 0) is 29.7 Å². The van der Waals surface area contributed by atoms with E-state index in [4.69, 9.17) is 10.4 Å². The summed E-state index contributed by atoms with van der Waals surface area (Å²) in [5, 5.41) is 21.0. The van der Waals surface area contributed by atoms with E-state index in [2.05, 4.69) is 11.4 Å². The molecule has 1 aromatic rings. The van der Waals surface area contributed by atoms with Gasteiger partial charge in [0.1, 0.15) is 0 Å². The molecule has 1 atom stereocenters. The second-order valence-corrected chi connectivity index (χ2v) is 3.56. The summed E-state index contributed by atoms with van der Waals surface area (Å²) >= 11 is 0. The molecule has 14 heavy (non-hydrogen) atoms. The number of hydrogen-bond donors (Lipinski definition) is 2. The highest BCUT2D eigenvalue weighted by Gasteiger charge is 2.16. The minimum atomic E-state index is 0.136. The van der Waals surface area contributed by atoms with Gasteiger partial charge in [-0.25, -0.2) is 0 Å². The van der Waals surface area contributed by atoms with Crippen molar-refractivity contribution in [2.24, 2.45) is 0 Å². The number of aliphatic hydroxyl groups is 1. The van der Waals surface area contributed by atoms with E-state index in [1.807, 2.05) is 18.2 Å². The lowest BCUT2D eigenvalue weighted by molar-refractivity contribution is 0.236. The van der Waals surface area contributed by atoms with E-state index in [1.165, 1.54) is 11.1 Å². The van der Waals surface area contributed by atoms with E-state index in [-0.39, 0.29) is 12.6 Å². The largest absolute Gasteiger partial charge is 0.395 e. The van der Waals surface area contributed by atoms with Crippen LogP contribution in [0.15, 0.2) is 18.2 Å². The first-order chi connectivity index (χ1) is 6.83. The SMILES string of the molecule is N#Cc1ccc2c(c1)CC(CO)NC2. The molecule has 1 heterocycles. The normalized spacial score (nSPS) is 19.9. The van der Waals surface area contributed by atoms with Crippen LogP contribution in [-0.4, -0.2) is 17.8 Å². The standard InChI is InChI=1S/C11H12N2O/c12-5-8-1-2-9-6-13-11(7-14)4-10(9)3-8/h1-3,11,13-14H,4,6-7H2. The Morgan fingerprint density at radius 2 is 2.36 bits per heavy atom. The molecule has 1 aromatic carbocycles. The van der Waals surface area contributed by atoms with E-state index in [9.17, 15) is 0 Å². The number of fused-ring (bicyclic) bond motifs is 1. The van der Waals surface area contributed by atoms with Gasteiger partial charge < -0.3 is 10.4 Å². The Balaban J connectivity index is 2.31. The Morgan fingerprint density at radius 1 is 1.50 bits per heavy atom. The van der Waals surface area contributed by atoms with E-state index in [0.29, 0.717) is 5.56 Å². The molecule has 0 bridgehead atoms. The molecule has 0 spiro atoms. The molecule has 3 nitrogen and oxygen atoms in total. The van der Waals surface area contributed by atoms with Gasteiger partial charge in [-0.1, -0.05) is 6.07 Å². The van der Waals surface area contributed by atoms with Crippen LogP contribution >= 0.6 is 0 Å². The molecule has 2 N–H and O–H groups in total. The fourth-order valence-corrected chi connectivity index (χ4v) is 1.78. The van der Waals surface area contributed by atoms with Crippen molar-refractivity contribution in [3.8, 4) is 6.07 Å². The van der Waals surface area contributed by atoms with Crippen LogP contribution in [0.3, 0.4) is 0 Å². The second-order valence-electron chi connectivity index (χ2n) is 3.56. The number of nitriles is 1. The van der Waals surface area contributed by atoms with Gasteiger partial charge in [0.15, 0.2) is 0 Å². The van der Waals surface area contributed by atoms with E-state index >= 15 is 0 Å². The molecular weight excluding hydrogens is 176 g/mol. The molecule has 1 unspecified atom stereocenters. The lowest BCUT2D eigenvalue weighted by atomic mass is 9.94. The molecule has 2 rings (SSSR count). The monoisotopic (exact) mass is 188 g/mol.